The van der Waals surface area contributed by atoms with Crippen molar-refractivity contribution in [3.05, 3.63) is 0 Å². The third-order valence-corrected chi connectivity index (χ3v) is 5.72. The summed E-state index contributed by atoms with van der Waals surface area (Å²) >= 11 is 0. The number of hydrogen-bond donors (Lipinski definition) is 0. The van der Waals surface area contributed by atoms with E-state index in [1.807, 2.05) is 13.8 Å². The Kier molecular flexibility index (Phi) is 2.26. The highest BCUT2D eigenvalue weighted by atomic mass is 35.7. The molecule has 2 atom stereocenters. The van der Waals surface area contributed by atoms with Crippen LogP contribution in [0, 0.1) is 16.7 Å². The van der Waals surface area contributed by atoms with Crippen LogP contribution in [0.3, 0.4) is 0 Å². The Hall–Kier alpha value is -0.0900. The lowest BCUT2D eigenvalue weighted by Crippen LogP contribution is -2.41. The van der Waals surface area contributed by atoms with Crippen molar-refractivity contribution in [2.45, 2.75) is 33.1 Å². The quantitative estimate of drug-likeness (QED) is 0.704. The Balaban J connectivity index is 2.45. The van der Waals surface area contributed by atoms with Gasteiger partial charge in [0, 0.05) is 22.5 Å². The van der Waals surface area contributed by atoms with E-state index < -0.39 is 14.5 Å². The van der Waals surface area contributed by atoms with Crippen LogP contribution in [0.25, 0.3) is 0 Å². The van der Waals surface area contributed by atoms with Gasteiger partial charge < -0.3 is 0 Å². The molecule has 15 heavy (non-hydrogen) atoms. The highest BCUT2D eigenvalue weighted by Crippen LogP contribution is 2.64. The normalized spacial score (nSPS) is 38.6. The Morgan fingerprint density at radius 2 is 2.07 bits per heavy atom. The van der Waals surface area contributed by atoms with Crippen LogP contribution in [0.15, 0.2) is 0 Å². The first-order valence-corrected chi connectivity index (χ1v) is 7.62. The average molecular weight is 251 g/mol. The third kappa shape index (κ3) is 1.45. The predicted octanol–water partition coefficient (Wildman–Crippen LogP) is 1.95. The van der Waals surface area contributed by atoms with E-state index in [1.165, 1.54) is 0 Å². The molecule has 0 saturated heterocycles. The average Bonchev–Trinajstić information content (AvgIpc) is 2.34. The van der Waals surface area contributed by atoms with Gasteiger partial charge in [-0.1, -0.05) is 13.8 Å². The Morgan fingerprint density at radius 1 is 1.47 bits per heavy atom. The molecule has 0 spiro atoms. The lowest BCUT2D eigenvalue weighted by molar-refractivity contribution is -0.128. The second-order valence-corrected chi connectivity index (χ2v) is 8.13. The fourth-order valence-corrected chi connectivity index (χ4v) is 5.23. The van der Waals surface area contributed by atoms with Crippen molar-refractivity contribution in [3.63, 3.8) is 0 Å². The van der Waals surface area contributed by atoms with E-state index in [2.05, 4.69) is 0 Å². The zero-order valence-corrected chi connectivity index (χ0v) is 10.5. The summed E-state index contributed by atoms with van der Waals surface area (Å²) in [6.45, 7) is 4.00. The second kappa shape index (κ2) is 2.98. The number of ketones is 1. The van der Waals surface area contributed by atoms with Gasteiger partial charge in [-0.05, 0) is 24.2 Å². The van der Waals surface area contributed by atoms with Crippen LogP contribution < -0.4 is 0 Å². The largest absolute Gasteiger partial charge is 0.299 e. The predicted molar refractivity (Wildman–Crippen MR) is 58.2 cm³/mol. The number of fused-ring (bicyclic) bond motifs is 2. The van der Waals surface area contributed by atoms with Gasteiger partial charge in [0.2, 0.25) is 9.05 Å². The summed E-state index contributed by atoms with van der Waals surface area (Å²) in [6, 6.07) is 0. The SMILES string of the molecule is CC1(C)[C@@H]2CC[C@]1(CS(=O)(=O)Cl)C(=O)C2. The molecule has 2 saturated carbocycles. The molecule has 0 heterocycles. The van der Waals surface area contributed by atoms with Crippen LogP contribution in [0.1, 0.15) is 33.1 Å². The van der Waals surface area contributed by atoms with E-state index in [4.69, 9.17) is 10.7 Å². The van der Waals surface area contributed by atoms with Gasteiger partial charge in [-0.25, -0.2) is 8.42 Å². The van der Waals surface area contributed by atoms with Gasteiger partial charge >= 0.3 is 0 Å². The van der Waals surface area contributed by atoms with Crippen molar-refractivity contribution >= 4 is 25.5 Å². The molecule has 0 aromatic rings. The molecule has 0 aliphatic heterocycles. The van der Waals surface area contributed by atoms with Gasteiger partial charge in [0.05, 0.1) is 5.75 Å². The van der Waals surface area contributed by atoms with E-state index in [9.17, 15) is 13.2 Å². The van der Waals surface area contributed by atoms with Gasteiger partial charge in [-0.15, -0.1) is 0 Å². The molecule has 0 N–H and O–H groups in total. The van der Waals surface area contributed by atoms with Crippen molar-refractivity contribution < 1.29 is 13.2 Å². The van der Waals surface area contributed by atoms with Gasteiger partial charge in [-0.3, -0.25) is 4.79 Å². The number of halogens is 1. The van der Waals surface area contributed by atoms with Crippen molar-refractivity contribution in [1.82, 2.24) is 0 Å². The minimum absolute atomic E-state index is 0.0907. The molecule has 0 radical (unpaired) electrons. The first kappa shape index (κ1) is 11.4. The van der Waals surface area contributed by atoms with Crippen LogP contribution in [0.2, 0.25) is 0 Å². The molecule has 3 nitrogen and oxygen atoms in total. The Bertz CT molecular complexity index is 412. The van der Waals surface area contributed by atoms with Gasteiger partial charge in [0.15, 0.2) is 0 Å². The maximum Gasteiger partial charge on any atom is 0.233 e. The molecule has 2 fully saturated rings. The summed E-state index contributed by atoms with van der Waals surface area (Å²) in [4.78, 5) is 11.9. The van der Waals surface area contributed by atoms with E-state index in [0.29, 0.717) is 18.8 Å². The lowest BCUT2D eigenvalue weighted by atomic mass is 9.70. The molecule has 2 rings (SSSR count). The minimum Gasteiger partial charge on any atom is -0.299 e. The number of carbonyl (C=O) groups excluding carboxylic acids is 1. The molecular formula is C10H15ClO3S. The summed E-state index contributed by atoms with van der Waals surface area (Å²) < 4.78 is 22.4. The lowest BCUT2D eigenvalue weighted by Gasteiger charge is -2.35. The minimum atomic E-state index is -3.60. The van der Waals surface area contributed by atoms with Crippen molar-refractivity contribution in [2.75, 3.05) is 5.75 Å². The van der Waals surface area contributed by atoms with Crippen molar-refractivity contribution in [2.24, 2.45) is 16.7 Å². The van der Waals surface area contributed by atoms with Gasteiger partial charge in [0.1, 0.15) is 5.78 Å². The number of Topliss-reactive ketones (excluding diaryl/α,β-unsaturated/α-hetero) is 1. The zero-order chi connectivity index (χ0) is 11.5. The van der Waals surface area contributed by atoms with E-state index in [0.717, 1.165) is 6.42 Å². The number of hydrogen-bond acceptors (Lipinski definition) is 3. The third-order valence-electron chi connectivity index (χ3n) is 4.56. The van der Waals surface area contributed by atoms with Crippen LogP contribution >= 0.6 is 10.7 Å². The molecule has 2 aliphatic rings. The monoisotopic (exact) mass is 250 g/mol. The summed E-state index contributed by atoms with van der Waals surface area (Å²) in [5, 5.41) is 0. The second-order valence-electron chi connectivity index (χ2n) is 5.35. The Labute approximate surface area is 94.6 Å². The first-order valence-electron chi connectivity index (χ1n) is 5.15. The molecule has 0 amide bonds. The fraction of sp³-hybridized carbons (Fsp3) is 0.900. The molecule has 0 aromatic heterocycles. The van der Waals surface area contributed by atoms with E-state index in [1.54, 1.807) is 0 Å². The van der Waals surface area contributed by atoms with Crippen LogP contribution in [0.5, 0.6) is 0 Å². The van der Waals surface area contributed by atoms with Crippen LogP contribution in [-0.4, -0.2) is 20.0 Å². The van der Waals surface area contributed by atoms with Gasteiger partial charge in [-0.2, -0.15) is 0 Å². The summed E-state index contributed by atoms with van der Waals surface area (Å²) in [6.07, 6.45) is 2.15. The highest BCUT2D eigenvalue weighted by molar-refractivity contribution is 8.13. The van der Waals surface area contributed by atoms with Crippen LogP contribution in [0.4, 0.5) is 0 Å². The topological polar surface area (TPSA) is 51.2 Å². The zero-order valence-electron chi connectivity index (χ0n) is 8.92. The standard InChI is InChI=1S/C10H15ClO3S/c1-9(2)7-3-4-10(9,8(12)5-7)6-15(11,13)14/h7H,3-6H2,1-2H3/t7-,10+/m1/s1. The smallest absolute Gasteiger partial charge is 0.233 e. The van der Waals surface area contributed by atoms with E-state index in [-0.39, 0.29) is 17.0 Å². The maximum atomic E-state index is 11.9. The summed E-state index contributed by atoms with van der Waals surface area (Å²) in [7, 11) is 1.71. The number of carbonyl (C=O) groups is 1. The van der Waals surface area contributed by atoms with Crippen LogP contribution in [-0.2, 0) is 13.8 Å². The summed E-state index contributed by atoms with van der Waals surface area (Å²) in [5.74, 6) is 0.237. The number of rotatable bonds is 2. The molecule has 0 aromatic carbocycles. The molecular weight excluding hydrogens is 236 g/mol. The molecule has 2 aliphatic carbocycles. The van der Waals surface area contributed by atoms with Gasteiger partial charge in [0.25, 0.3) is 0 Å². The van der Waals surface area contributed by atoms with Crippen molar-refractivity contribution in [1.29, 1.82) is 0 Å². The van der Waals surface area contributed by atoms with Crippen molar-refractivity contribution in [3.8, 4) is 0 Å². The van der Waals surface area contributed by atoms with E-state index >= 15 is 0 Å². The fourth-order valence-electron chi connectivity index (χ4n) is 3.40. The highest BCUT2D eigenvalue weighted by Gasteiger charge is 2.65. The molecule has 2 bridgehead atoms. The Morgan fingerprint density at radius 3 is 2.40 bits per heavy atom. The first-order chi connectivity index (χ1) is 6.69. The summed E-state index contributed by atoms with van der Waals surface area (Å²) in [5.41, 5.74) is -0.926. The maximum absolute atomic E-state index is 11.9. The molecule has 5 heteroatoms. The molecule has 86 valence electrons. The molecule has 0 unspecified atom stereocenters.